The van der Waals surface area contributed by atoms with Crippen LogP contribution in [-0.4, -0.2) is 20.9 Å². The minimum absolute atomic E-state index is 0.0512. The predicted octanol–water partition coefficient (Wildman–Crippen LogP) is 5.20. The standard InChI is InChI=1S/C28H29N3O3S/c1-19-16-20(2)28(21(3)17-19)35(33,34)30-25-8-4-6-24-7-5-15-31(27(24)25)26(32)14-13-22-9-11-23(18-29)12-10-22/h4,6,8-12,16-17,30H,5,7,13-15H2,1-3H3. The van der Waals surface area contributed by atoms with Crippen LogP contribution in [-0.2, 0) is 27.7 Å². The summed E-state index contributed by atoms with van der Waals surface area (Å²) >= 11 is 0. The molecule has 1 aliphatic heterocycles. The number of nitriles is 1. The van der Waals surface area contributed by atoms with Crippen molar-refractivity contribution in [3.63, 3.8) is 0 Å². The van der Waals surface area contributed by atoms with E-state index in [1.54, 1.807) is 36.9 Å². The number of nitrogens with zero attached hydrogens (tertiary/aromatic N) is 2. The number of anilines is 2. The van der Waals surface area contributed by atoms with E-state index in [1.807, 2.05) is 43.3 Å². The Balaban J connectivity index is 1.61. The van der Waals surface area contributed by atoms with Crippen molar-refractivity contribution in [1.82, 2.24) is 0 Å². The predicted molar refractivity (Wildman–Crippen MR) is 138 cm³/mol. The molecule has 0 unspecified atom stereocenters. The van der Waals surface area contributed by atoms with E-state index in [9.17, 15) is 13.2 Å². The first-order valence-electron chi connectivity index (χ1n) is 11.7. The van der Waals surface area contributed by atoms with Crippen LogP contribution in [0.15, 0.2) is 59.5 Å². The molecule has 3 aromatic rings. The molecule has 180 valence electrons. The number of carbonyl (C=O) groups excluding carboxylic acids is 1. The summed E-state index contributed by atoms with van der Waals surface area (Å²) in [5.74, 6) is -0.0512. The molecule has 35 heavy (non-hydrogen) atoms. The summed E-state index contributed by atoms with van der Waals surface area (Å²) in [6.07, 6.45) is 2.45. The zero-order valence-corrected chi connectivity index (χ0v) is 21.1. The van der Waals surface area contributed by atoms with Crippen LogP contribution in [0.1, 0.15) is 46.2 Å². The number of sulfonamides is 1. The van der Waals surface area contributed by atoms with Gasteiger partial charge in [0, 0.05) is 13.0 Å². The molecule has 0 aliphatic carbocycles. The average Bonchev–Trinajstić information content (AvgIpc) is 2.81. The SMILES string of the molecule is Cc1cc(C)c(S(=O)(=O)Nc2cccc3c2N(C(=O)CCc2ccc(C#N)cc2)CCC3)c(C)c1. The Hall–Kier alpha value is -3.63. The lowest BCUT2D eigenvalue weighted by molar-refractivity contribution is -0.118. The van der Waals surface area contributed by atoms with Gasteiger partial charge in [0.2, 0.25) is 5.91 Å². The third-order valence-electron chi connectivity index (χ3n) is 6.35. The highest BCUT2D eigenvalue weighted by atomic mass is 32.2. The van der Waals surface area contributed by atoms with Gasteiger partial charge in [-0.1, -0.05) is 42.0 Å². The van der Waals surface area contributed by atoms with Crippen LogP contribution < -0.4 is 9.62 Å². The van der Waals surface area contributed by atoms with Crippen molar-refractivity contribution in [2.24, 2.45) is 0 Å². The normalized spacial score (nSPS) is 13.1. The van der Waals surface area contributed by atoms with Gasteiger partial charge in [0.25, 0.3) is 10.0 Å². The maximum atomic E-state index is 13.4. The molecule has 0 spiro atoms. The first-order valence-corrected chi connectivity index (χ1v) is 13.2. The Bertz CT molecular complexity index is 1400. The molecule has 1 N–H and O–H groups in total. The lowest BCUT2D eigenvalue weighted by atomic mass is 9.99. The summed E-state index contributed by atoms with van der Waals surface area (Å²) in [7, 11) is -3.85. The van der Waals surface area contributed by atoms with Crippen LogP contribution in [0, 0.1) is 32.1 Å². The van der Waals surface area contributed by atoms with Gasteiger partial charge in [0.05, 0.1) is 27.9 Å². The quantitative estimate of drug-likeness (QED) is 0.518. The highest BCUT2D eigenvalue weighted by Crippen LogP contribution is 2.37. The Morgan fingerprint density at radius 3 is 2.40 bits per heavy atom. The fourth-order valence-electron chi connectivity index (χ4n) is 4.90. The van der Waals surface area contributed by atoms with Gasteiger partial charge in [-0.25, -0.2) is 8.42 Å². The van der Waals surface area contributed by atoms with E-state index in [-0.39, 0.29) is 10.8 Å². The second-order valence-electron chi connectivity index (χ2n) is 9.10. The van der Waals surface area contributed by atoms with Crippen molar-refractivity contribution in [3.05, 3.63) is 88.0 Å². The number of carbonyl (C=O) groups is 1. The molecule has 1 amide bonds. The molecule has 1 aliphatic rings. The first kappa shape index (κ1) is 24.5. The van der Waals surface area contributed by atoms with E-state index in [1.165, 1.54) is 0 Å². The van der Waals surface area contributed by atoms with Crippen molar-refractivity contribution >= 4 is 27.3 Å². The van der Waals surface area contributed by atoms with Crippen LogP contribution in [0.3, 0.4) is 0 Å². The van der Waals surface area contributed by atoms with Crippen molar-refractivity contribution in [2.75, 3.05) is 16.2 Å². The largest absolute Gasteiger partial charge is 0.310 e. The number of nitrogens with one attached hydrogen (secondary N) is 1. The van der Waals surface area contributed by atoms with E-state index in [4.69, 9.17) is 5.26 Å². The average molecular weight is 488 g/mol. The molecule has 6 nitrogen and oxygen atoms in total. The number of benzene rings is 3. The van der Waals surface area contributed by atoms with Gasteiger partial charge in [-0.15, -0.1) is 0 Å². The van der Waals surface area contributed by atoms with E-state index < -0.39 is 10.0 Å². The van der Waals surface area contributed by atoms with Crippen LogP contribution >= 0.6 is 0 Å². The Morgan fingerprint density at radius 2 is 1.74 bits per heavy atom. The lowest BCUT2D eigenvalue weighted by Gasteiger charge is -2.32. The zero-order valence-electron chi connectivity index (χ0n) is 20.3. The number of hydrogen-bond donors (Lipinski definition) is 1. The van der Waals surface area contributed by atoms with E-state index in [2.05, 4.69) is 10.8 Å². The van der Waals surface area contributed by atoms with Gasteiger partial charge in [-0.2, -0.15) is 5.26 Å². The summed E-state index contributed by atoms with van der Waals surface area (Å²) in [6.45, 7) is 6.08. The molecule has 4 rings (SSSR count). The van der Waals surface area contributed by atoms with E-state index in [0.29, 0.717) is 47.5 Å². The summed E-state index contributed by atoms with van der Waals surface area (Å²) in [6, 6.07) is 18.5. The number of amides is 1. The van der Waals surface area contributed by atoms with Gasteiger partial charge < -0.3 is 4.90 Å². The molecule has 0 saturated carbocycles. The van der Waals surface area contributed by atoms with Gasteiger partial charge >= 0.3 is 0 Å². The van der Waals surface area contributed by atoms with Crippen molar-refractivity contribution in [1.29, 1.82) is 5.26 Å². The third kappa shape index (κ3) is 5.23. The molecule has 0 fully saturated rings. The lowest BCUT2D eigenvalue weighted by Crippen LogP contribution is -2.36. The molecular weight excluding hydrogens is 458 g/mol. The minimum atomic E-state index is -3.85. The fraction of sp³-hybridized carbons (Fsp3) is 0.286. The molecular formula is C28H29N3O3S. The van der Waals surface area contributed by atoms with Crippen LogP contribution in [0.4, 0.5) is 11.4 Å². The Morgan fingerprint density at radius 1 is 1.06 bits per heavy atom. The van der Waals surface area contributed by atoms with Gasteiger partial charge in [-0.3, -0.25) is 9.52 Å². The smallest absolute Gasteiger partial charge is 0.262 e. The van der Waals surface area contributed by atoms with Crippen molar-refractivity contribution in [3.8, 4) is 6.07 Å². The summed E-state index contributed by atoms with van der Waals surface area (Å²) < 4.78 is 29.7. The highest BCUT2D eigenvalue weighted by Gasteiger charge is 2.28. The monoisotopic (exact) mass is 487 g/mol. The number of rotatable bonds is 6. The van der Waals surface area contributed by atoms with Gasteiger partial charge in [0.15, 0.2) is 0 Å². The zero-order chi connectivity index (χ0) is 25.2. The topological polar surface area (TPSA) is 90.3 Å². The molecule has 0 radical (unpaired) electrons. The maximum Gasteiger partial charge on any atom is 0.262 e. The molecule has 0 bridgehead atoms. The van der Waals surface area contributed by atoms with E-state index >= 15 is 0 Å². The fourth-order valence-corrected chi connectivity index (χ4v) is 6.42. The summed E-state index contributed by atoms with van der Waals surface area (Å²) in [5.41, 5.74) is 5.98. The minimum Gasteiger partial charge on any atom is -0.310 e. The number of aryl methyl sites for hydroxylation is 5. The van der Waals surface area contributed by atoms with Gasteiger partial charge in [0.1, 0.15) is 0 Å². The van der Waals surface area contributed by atoms with E-state index in [0.717, 1.165) is 29.5 Å². The van der Waals surface area contributed by atoms with Gasteiger partial charge in [-0.05, 0) is 80.5 Å². The summed E-state index contributed by atoms with van der Waals surface area (Å²) in [4.78, 5) is 15.3. The number of para-hydroxylation sites is 1. The van der Waals surface area contributed by atoms with Crippen molar-refractivity contribution < 1.29 is 13.2 Å². The van der Waals surface area contributed by atoms with Crippen LogP contribution in [0.2, 0.25) is 0 Å². The second-order valence-corrected chi connectivity index (χ2v) is 10.7. The Labute approximate surface area is 207 Å². The van der Waals surface area contributed by atoms with Crippen LogP contribution in [0.5, 0.6) is 0 Å². The highest BCUT2D eigenvalue weighted by molar-refractivity contribution is 7.92. The molecule has 1 heterocycles. The Kier molecular flexibility index (Phi) is 6.95. The number of fused-ring (bicyclic) bond motifs is 1. The molecule has 3 aromatic carbocycles. The second kappa shape index (κ2) is 9.93. The third-order valence-corrected chi connectivity index (χ3v) is 8.02. The van der Waals surface area contributed by atoms with Crippen molar-refractivity contribution in [2.45, 2.75) is 51.3 Å². The maximum absolute atomic E-state index is 13.4. The number of hydrogen-bond acceptors (Lipinski definition) is 4. The summed E-state index contributed by atoms with van der Waals surface area (Å²) in [5, 5.41) is 8.97. The van der Waals surface area contributed by atoms with Crippen LogP contribution in [0.25, 0.3) is 0 Å². The molecule has 7 heteroatoms. The molecule has 0 saturated heterocycles. The first-order chi connectivity index (χ1) is 16.7. The molecule has 0 atom stereocenters. The molecule has 0 aromatic heterocycles.